The summed E-state index contributed by atoms with van der Waals surface area (Å²) < 4.78 is 32.6. The van der Waals surface area contributed by atoms with Gasteiger partial charge >= 0.3 is 6.09 Å². The number of rotatable bonds is 6. The number of hydrogen-bond acceptors (Lipinski definition) is 7. The van der Waals surface area contributed by atoms with Gasteiger partial charge in [-0.2, -0.15) is 0 Å². The number of benzene rings is 1. The van der Waals surface area contributed by atoms with Crippen molar-refractivity contribution >= 4 is 17.7 Å². The Bertz CT molecular complexity index is 1090. The Morgan fingerprint density at radius 2 is 2.20 bits per heavy atom. The molecule has 9 nitrogen and oxygen atoms in total. The van der Waals surface area contributed by atoms with Gasteiger partial charge in [-0.1, -0.05) is 5.21 Å². The molecule has 0 saturated carbocycles. The molecule has 11 heteroatoms. The van der Waals surface area contributed by atoms with Crippen LogP contribution in [0.3, 0.4) is 0 Å². The van der Waals surface area contributed by atoms with Crippen LogP contribution >= 0.6 is 0 Å². The maximum atomic E-state index is 12.9. The molecule has 1 atom stereocenters. The summed E-state index contributed by atoms with van der Waals surface area (Å²) in [6.45, 7) is 4.45. The highest BCUT2D eigenvalue weighted by molar-refractivity contribution is 5.70. The molecule has 1 fully saturated rings. The summed E-state index contributed by atoms with van der Waals surface area (Å²) in [5, 5.41) is 13.9. The second kappa shape index (κ2) is 7.65. The van der Waals surface area contributed by atoms with Crippen LogP contribution in [-0.4, -0.2) is 43.2 Å². The van der Waals surface area contributed by atoms with Crippen molar-refractivity contribution in [1.82, 2.24) is 30.3 Å². The van der Waals surface area contributed by atoms with Crippen molar-refractivity contribution in [3.63, 3.8) is 0 Å². The average Bonchev–Trinajstić information content (AvgIpc) is 3.27. The minimum Gasteiger partial charge on any atom is -0.439 e. The lowest BCUT2D eigenvalue weighted by atomic mass is 10.1. The first kappa shape index (κ1) is 19.7. The second-order valence-electron chi connectivity index (χ2n) is 7.31. The summed E-state index contributed by atoms with van der Waals surface area (Å²) in [6.07, 6.45) is -0.0907. The normalized spacial score (nSPS) is 18.4. The Morgan fingerprint density at radius 1 is 1.37 bits per heavy atom. The van der Waals surface area contributed by atoms with Gasteiger partial charge in [0.1, 0.15) is 17.0 Å². The fourth-order valence-electron chi connectivity index (χ4n) is 3.18. The van der Waals surface area contributed by atoms with Gasteiger partial charge in [-0.3, -0.25) is 0 Å². The topological polar surface area (TPSA) is 107 Å². The average molecular weight is 415 g/mol. The van der Waals surface area contributed by atoms with E-state index in [0.717, 1.165) is 11.1 Å². The van der Waals surface area contributed by atoms with Gasteiger partial charge in [0.25, 0.3) is 6.43 Å². The number of alkyl carbamates (subject to hydrolysis) is 1. The molecule has 3 heterocycles. The number of halogens is 2. The van der Waals surface area contributed by atoms with Crippen molar-refractivity contribution in [3.05, 3.63) is 47.9 Å². The molecule has 3 aromatic rings. The van der Waals surface area contributed by atoms with Crippen molar-refractivity contribution in [2.45, 2.75) is 32.4 Å². The number of carbonyl (C=O) groups is 1. The molecular formula is C19H19F2N7O2. The second-order valence-corrected chi connectivity index (χ2v) is 7.31. The number of aryl methyl sites for hydroxylation is 1. The first-order chi connectivity index (χ1) is 14.3. The maximum absolute atomic E-state index is 12.9. The molecule has 1 aliphatic rings. The summed E-state index contributed by atoms with van der Waals surface area (Å²) in [4.78, 5) is 19.1. The summed E-state index contributed by atoms with van der Waals surface area (Å²) in [7, 11) is 0. The zero-order valence-electron chi connectivity index (χ0n) is 16.3. The van der Waals surface area contributed by atoms with Crippen LogP contribution < -0.4 is 10.6 Å². The van der Waals surface area contributed by atoms with Gasteiger partial charge in [0.05, 0.1) is 19.3 Å². The molecule has 2 N–H and O–H groups in total. The van der Waals surface area contributed by atoms with E-state index in [4.69, 9.17) is 4.74 Å². The number of aromatic nitrogens is 5. The molecule has 2 aromatic heterocycles. The minimum absolute atomic E-state index is 0.0801. The van der Waals surface area contributed by atoms with Crippen LogP contribution in [0.15, 0.2) is 36.7 Å². The zero-order chi connectivity index (χ0) is 21.3. The van der Waals surface area contributed by atoms with Crippen LogP contribution in [0.25, 0.3) is 11.3 Å². The van der Waals surface area contributed by atoms with Crippen LogP contribution in [0.4, 0.5) is 25.2 Å². The van der Waals surface area contributed by atoms with Gasteiger partial charge in [-0.15, -0.1) is 5.10 Å². The van der Waals surface area contributed by atoms with Gasteiger partial charge in [0, 0.05) is 17.4 Å². The fraction of sp³-hybridized carbons (Fsp3) is 0.316. The minimum atomic E-state index is -2.67. The van der Waals surface area contributed by atoms with Gasteiger partial charge in [0.15, 0.2) is 0 Å². The molecule has 4 rings (SSSR count). The van der Waals surface area contributed by atoms with E-state index in [1.807, 2.05) is 26.0 Å². The van der Waals surface area contributed by atoms with E-state index < -0.39 is 18.1 Å². The maximum Gasteiger partial charge on any atom is 0.407 e. The van der Waals surface area contributed by atoms with Crippen LogP contribution in [0.5, 0.6) is 0 Å². The molecule has 0 radical (unpaired) electrons. The molecule has 156 valence electrons. The van der Waals surface area contributed by atoms with Gasteiger partial charge in [-0.25, -0.2) is 28.2 Å². The predicted molar refractivity (Wildman–Crippen MR) is 103 cm³/mol. The third-order valence-electron chi connectivity index (χ3n) is 4.51. The number of anilines is 2. The van der Waals surface area contributed by atoms with Gasteiger partial charge < -0.3 is 15.4 Å². The first-order valence-corrected chi connectivity index (χ1v) is 9.17. The number of nitrogens with one attached hydrogen (secondary N) is 2. The molecule has 0 unspecified atom stereocenters. The highest BCUT2D eigenvalue weighted by Gasteiger charge is 2.36. The summed E-state index contributed by atoms with van der Waals surface area (Å²) in [6, 6.07) is 6.75. The number of amides is 1. The standard InChI is InChI=1S/C19H19F2N7O2/c1-11-5-12(7-13(6-11)24-17-22-4-3-14(25-17)16(20)21)15-8-28(27-26-15)10-19(2)9-23-18(29)30-19/h3-8,16H,9-10H2,1-2H3,(H,23,29)(H,22,24,25)/t19-/m0/s1. The predicted octanol–water partition coefficient (Wildman–Crippen LogP) is 3.22. The number of cyclic esters (lactones) is 1. The van der Waals surface area contributed by atoms with E-state index in [-0.39, 0.29) is 11.6 Å². The molecule has 0 aliphatic carbocycles. The molecule has 0 bridgehead atoms. The van der Waals surface area contributed by atoms with E-state index in [0.29, 0.717) is 24.5 Å². The monoisotopic (exact) mass is 415 g/mol. The zero-order valence-corrected chi connectivity index (χ0v) is 16.3. The van der Waals surface area contributed by atoms with Crippen molar-refractivity contribution < 1.29 is 18.3 Å². The van der Waals surface area contributed by atoms with E-state index in [1.54, 1.807) is 16.9 Å². The lowest BCUT2D eigenvalue weighted by Crippen LogP contribution is -2.34. The number of nitrogens with zero attached hydrogens (tertiary/aromatic N) is 5. The van der Waals surface area contributed by atoms with E-state index in [9.17, 15) is 13.6 Å². The smallest absolute Gasteiger partial charge is 0.407 e. The third kappa shape index (κ3) is 4.34. The molecular weight excluding hydrogens is 396 g/mol. The SMILES string of the molecule is Cc1cc(Nc2nccc(C(F)F)n2)cc(-c2cn(C[C@]3(C)CNC(=O)O3)nn2)c1. The Kier molecular flexibility index (Phi) is 5.02. The molecule has 1 aromatic carbocycles. The summed E-state index contributed by atoms with van der Waals surface area (Å²) >= 11 is 0. The van der Waals surface area contributed by atoms with E-state index >= 15 is 0 Å². The molecule has 1 saturated heterocycles. The number of alkyl halides is 2. The van der Waals surface area contributed by atoms with Crippen molar-refractivity contribution in [2.24, 2.45) is 0 Å². The van der Waals surface area contributed by atoms with Crippen molar-refractivity contribution in [3.8, 4) is 11.3 Å². The van der Waals surface area contributed by atoms with Crippen LogP contribution in [0.2, 0.25) is 0 Å². The van der Waals surface area contributed by atoms with Crippen LogP contribution in [-0.2, 0) is 11.3 Å². The third-order valence-corrected chi connectivity index (χ3v) is 4.51. The number of ether oxygens (including phenoxy) is 1. The molecule has 1 amide bonds. The molecule has 30 heavy (non-hydrogen) atoms. The summed E-state index contributed by atoms with van der Waals surface area (Å²) in [5.41, 5.74) is 1.90. The molecule has 0 spiro atoms. The number of carbonyl (C=O) groups excluding carboxylic acids is 1. The lowest BCUT2D eigenvalue weighted by Gasteiger charge is -2.19. The fourth-order valence-corrected chi connectivity index (χ4v) is 3.18. The quantitative estimate of drug-likeness (QED) is 0.637. The van der Waals surface area contributed by atoms with Gasteiger partial charge in [0.2, 0.25) is 5.95 Å². The van der Waals surface area contributed by atoms with Gasteiger partial charge in [-0.05, 0) is 43.7 Å². The van der Waals surface area contributed by atoms with Crippen LogP contribution in [0, 0.1) is 6.92 Å². The highest BCUT2D eigenvalue weighted by atomic mass is 19.3. The Labute approximate surface area is 170 Å². The Balaban J connectivity index is 1.54. The van der Waals surface area contributed by atoms with E-state index in [2.05, 4.69) is 30.9 Å². The molecule has 1 aliphatic heterocycles. The Morgan fingerprint density at radius 3 is 2.93 bits per heavy atom. The van der Waals surface area contributed by atoms with Crippen molar-refractivity contribution in [1.29, 1.82) is 0 Å². The largest absolute Gasteiger partial charge is 0.439 e. The highest BCUT2D eigenvalue weighted by Crippen LogP contribution is 2.26. The summed E-state index contributed by atoms with van der Waals surface area (Å²) in [5.74, 6) is 0.0801. The lowest BCUT2D eigenvalue weighted by molar-refractivity contribution is 0.0545. The number of hydrogen-bond donors (Lipinski definition) is 2. The first-order valence-electron chi connectivity index (χ1n) is 9.17. The Hall–Kier alpha value is -3.63. The van der Waals surface area contributed by atoms with Crippen molar-refractivity contribution in [2.75, 3.05) is 11.9 Å². The van der Waals surface area contributed by atoms with Crippen LogP contribution in [0.1, 0.15) is 24.6 Å². The van der Waals surface area contributed by atoms with E-state index in [1.165, 1.54) is 12.3 Å².